The van der Waals surface area contributed by atoms with Crippen molar-refractivity contribution in [2.24, 2.45) is 0 Å². The predicted octanol–water partition coefficient (Wildman–Crippen LogP) is 5.70. The maximum atomic E-state index is 13.7. The highest BCUT2D eigenvalue weighted by atomic mass is 19.1. The van der Waals surface area contributed by atoms with Crippen molar-refractivity contribution >= 4 is 21.9 Å². The van der Waals surface area contributed by atoms with E-state index in [0.717, 1.165) is 23.8 Å². The van der Waals surface area contributed by atoms with E-state index >= 15 is 0 Å². The van der Waals surface area contributed by atoms with Crippen molar-refractivity contribution in [3.05, 3.63) is 75.6 Å². The van der Waals surface area contributed by atoms with Crippen LogP contribution in [0.15, 0.2) is 56.3 Å². The molecule has 0 spiro atoms. The average Bonchev–Trinajstić information content (AvgIpc) is 3.14. The van der Waals surface area contributed by atoms with Crippen molar-refractivity contribution in [2.75, 3.05) is 6.61 Å². The van der Waals surface area contributed by atoms with Gasteiger partial charge in [0.05, 0.1) is 18.3 Å². The van der Waals surface area contributed by atoms with E-state index in [-0.39, 0.29) is 11.2 Å². The first-order valence-corrected chi connectivity index (χ1v) is 9.36. The number of halogens is 1. The molecule has 0 unspecified atom stereocenters. The fraction of sp³-hybridized carbons (Fsp3) is 0.261. The fourth-order valence-electron chi connectivity index (χ4n) is 3.57. The molecule has 0 aliphatic carbocycles. The summed E-state index contributed by atoms with van der Waals surface area (Å²) in [6.45, 7) is 4.03. The molecule has 0 radical (unpaired) electrons. The molecule has 0 atom stereocenters. The van der Waals surface area contributed by atoms with Gasteiger partial charge in [0.25, 0.3) is 0 Å². The van der Waals surface area contributed by atoms with Gasteiger partial charge >= 0.3 is 0 Å². The first kappa shape index (κ1) is 18.3. The molecule has 4 rings (SSSR count). The van der Waals surface area contributed by atoms with E-state index in [2.05, 4.69) is 0 Å². The maximum Gasteiger partial charge on any atom is 0.206 e. The summed E-state index contributed by atoms with van der Waals surface area (Å²) < 4.78 is 31.2. The van der Waals surface area contributed by atoms with E-state index in [1.165, 1.54) is 12.1 Å². The predicted molar refractivity (Wildman–Crippen MR) is 107 cm³/mol. The van der Waals surface area contributed by atoms with Gasteiger partial charge in [0.1, 0.15) is 11.6 Å². The summed E-state index contributed by atoms with van der Waals surface area (Å²) in [5.41, 5.74) is 2.42. The summed E-state index contributed by atoms with van der Waals surface area (Å²) in [4.78, 5) is 12.5. The van der Waals surface area contributed by atoms with E-state index < -0.39 is 0 Å². The van der Waals surface area contributed by atoms with Crippen LogP contribution in [0, 0.1) is 19.7 Å². The molecule has 4 nitrogen and oxygen atoms in total. The Morgan fingerprint density at radius 1 is 1.07 bits per heavy atom. The van der Waals surface area contributed by atoms with Crippen molar-refractivity contribution in [3.8, 4) is 5.75 Å². The molecule has 28 heavy (non-hydrogen) atoms. The van der Waals surface area contributed by atoms with Gasteiger partial charge in [-0.25, -0.2) is 4.39 Å². The fourth-order valence-corrected chi connectivity index (χ4v) is 3.57. The Kier molecular flexibility index (Phi) is 4.90. The Labute approximate surface area is 161 Å². The number of hydrogen-bond acceptors (Lipinski definition) is 4. The van der Waals surface area contributed by atoms with Gasteiger partial charge in [-0.1, -0.05) is 18.2 Å². The maximum absolute atomic E-state index is 13.7. The second-order valence-electron chi connectivity index (χ2n) is 6.94. The van der Waals surface area contributed by atoms with E-state index in [1.54, 1.807) is 25.3 Å². The van der Waals surface area contributed by atoms with E-state index in [0.29, 0.717) is 46.7 Å². The van der Waals surface area contributed by atoms with Crippen molar-refractivity contribution < 1.29 is 18.0 Å². The van der Waals surface area contributed by atoms with Crippen LogP contribution in [0.3, 0.4) is 0 Å². The molecule has 0 saturated heterocycles. The van der Waals surface area contributed by atoms with Crippen LogP contribution in [-0.4, -0.2) is 6.61 Å². The lowest BCUT2D eigenvalue weighted by molar-refractivity contribution is 0.304. The second kappa shape index (κ2) is 7.50. The summed E-state index contributed by atoms with van der Waals surface area (Å²) in [5, 5.41) is 1.35. The number of ether oxygens (including phenoxy) is 1. The van der Waals surface area contributed by atoms with Crippen LogP contribution in [0.5, 0.6) is 5.75 Å². The largest absolute Gasteiger partial charge is 0.486 e. The van der Waals surface area contributed by atoms with Crippen LogP contribution in [0.25, 0.3) is 21.9 Å². The topological polar surface area (TPSA) is 52.6 Å². The Balaban J connectivity index is 1.58. The highest BCUT2D eigenvalue weighted by molar-refractivity contribution is 6.03. The molecular formula is C23H21FO4. The highest BCUT2D eigenvalue weighted by Gasteiger charge is 2.20. The molecule has 2 aromatic heterocycles. The van der Waals surface area contributed by atoms with E-state index in [9.17, 15) is 9.18 Å². The van der Waals surface area contributed by atoms with Crippen LogP contribution in [0.4, 0.5) is 4.39 Å². The van der Waals surface area contributed by atoms with Crippen LogP contribution >= 0.6 is 0 Å². The lowest BCUT2D eigenvalue weighted by Gasteiger charge is -2.12. The number of rotatable bonds is 6. The molecular weight excluding hydrogens is 359 g/mol. The molecule has 2 aromatic carbocycles. The third-order valence-electron chi connectivity index (χ3n) is 4.97. The van der Waals surface area contributed by atoms with Gasteiger partial charge < -0.3 is 13.6 Å². The molecule has 0 bridgehead atoms. The number of fused-ring (bicyclic) bond motifs is 2. The zero-order valence-electron chi connectivity index (χ0n) is 15.9. The van der Waals surface area contributed by atoms with Gasteiger partial charge in [-0.15, -0.1) is 0 Å². The lowest BCUT2D eigenvalue weighted by Crippen LogP contribution is -2.06. The number of aryl methyl sites for hydroxylation is 3. The molecule has 144 valence electrons. The Morgan fingerprint density at radius 3 is 2.71 bits per heavy atom. The van der Waals surface area contributed by atoms with Gasteiger partial charge in [0.2, 0.25) is 5.75 Å². The van der Waals surface area contributed by atoms with Crippen LogP contribution in [0.1, 0.15) is 29.7 Å². The van der Waals surface area contributed by atoms with Gasteiger partial charge in [-0.3, -0.25) is 4.79 Å². The van der Waals surface area contributed by atoms with E-state index in [1.807, 2.05) is 19.1 Å². The normalized spacial score (nSPS) is 11.4. The second-order valence-corrected chi connectivity index (χ2v) is 6.94. The zero-order chi connectivity index (χ0) is 19.7. The quantitative estimate of drug-likeness (QED) is 0.403. The molecule has 4 aromatic rings. The summed E-state index contributed by atoms with van der Waals surface area (Å²) in [5.74, 6) is 0.794. The first-order valence-electron chi connectivity index (χ1n) is 9.36. The van der Waals surface area contributed by atoms with Gasteiger partial charge in [0, 0.05) is 11.5 Å². The average molecular weight is 380 g/mol. The Morgan fingerprint density at radius 2 is 1.89 bits per heavy atom. The van der Waals surface area contributed by atoms with Crippen molar-refractivity contribution in [2.45, 2.75) is 33.1 Å². The molecule has 0 fully saturated rings. The summed E-state index contributed by atoms with van der Waals surface area (Å²) in [6, 6.07) is 10.1. The van der Waals surface area contributed by atoms with Gasteiger partial charge in [0.15, 0.2) is 16.6 Å². The number of benzene rings is 2. The van der Waals surface area contributed by atoms with Crippen molar-refractivity contribution in [3.63, 3.8) is 0 Å². The van der Waals surface area contributed by atoms with Crippen molar-refractivity contribution in [1.82, 2.24) is 0 Å². The highest BCUT2D eigenvalue weighted by Crippen LogP contribution is 2.37. The lowest BCUT2D eigenvalue weighted by atomic mass is 10.0. The zero-order valence-corrected chi connectivity index (χ0v) is 15.9. The molecule has 2 heterocycles. The van der Waals surface area contributed by atoms with Gasteiger partial charge in [-0.2, -0.15) is 0 Å². The number of hydrogen-bond donors (Lipinski definition) is 0. The summed E-state index contributed by atoms with van der Waals surface area (Å²) >= 11 is 0. The smallest absolute Gasteiger partial charge is 0.206 e. The Bertz CT molecular complexity index is 1200. The van der Waals surface area contributed by atoms with E-state index in [4.69, 9.17) is 13.6 Å². The van der Waals surface area contributed by atoms with Gasteiger partial charge in [-0.05, 0) is 56.4 Å². The monoisotopic (exact) mass is 380 g/mol. The standard InChI is InChI=1S/C23H21FO4/c1-14-13-19(25)20-15(2)17-10-12-27-21(17)23(22(20)28-14)26-11-6-5-8-16-7-3-4-9-18(16)24/h3-4,7,9-10,12-13H,5-6,8,11H2,1-2H3. The third kappa shape index (κ3) is 3.28. The van der Waals surface area contributed by atoms with Crippen LogP contribution < -0.4 is 10.2 Å². The number of unbranched alkanes of at least 4 members (excludes halogenated alkanes) is 1. The third-order valence-corrected chi connectivity index (χ3v) is 4.97. The minimum absolute atomic E-state index is 0.0937. The number of furan rings is 1. The van der Waals surface area contributed by atoms with Crippen molar-refractivity contribution in [1.29, 1.82) is 0 Å². The summed E-state index contributed by atoms with van der Waals surface area (Å²) in [7, 11) is 0. The minimum Gasteiger partial charge on any atom is -0.486 e. The SMILES string of the molecule is Cc1cc(=O)c2c(C)c3ccoc3c(OCCCCc3ccccc3F)c2o1. The van der Waals surface area contributed by atoms with Crippen LogP contribution in [0.2, 0.25) is 0 Å². The van der Waals surface area contributed by atoms with Crippen LogP contribution in [-0.2, 0) is 6.42 Å². The molecule has 5 heteroatoms. The molecule has 0 amide bonds. The molecule has 0 saturated carbocycles. The molecule has 0 aliphatic rings. The summed E-state index contributed by atoms with van der Waals surface area (Å²) in [6.07, 6.45) is 3.75. The molecule has 0 N–H and O–H groups in total. The Hall–Kier alpha value is -3.08. The minimum atomic E-state index is -0.178. The molecule has 0 aliphatic heterocycles. The first-order chi connectivity index (χ1) is 13.6.